The van der Waals surface area contributed by atoms with Gasteiger partial charge in [0.15, 0.2) is 5.76 Å². The summed E-state index contributed by atoms with van der Waals surface area (Å²) in [5, 5.41) is 3.01. The van der Waals surface area contributed by atoms with Crippen LogP contribution in [0.1, 0.15) is 40.1 Å². The van der Waals surface area contributed by atoms with Gasteiger partial charge in [-0.3, -0.25) is 9.59 Å². The largest absolute Gasteiger partial charge is 0.459 e. The molecule has 0 aliphatic carbocycles. The molecule has 1 aliphatic rings. The summed E-state index contributed by atoms with van der Waals surface area (Å²) in [7, 11) is 0. The van der Waals surface area contributed by atoms with E-state index in [1.165, 1.54) is 16.0 Å². The van der Waals surface area contributed by atoms with Gasteiger partial charge in [-0.15, -0.1) is 11.3 Å². The number of amides is 2. The van der Waals surface area contributed by atoms with E-state index < -0.39 is 0 Å². The van der Waals surface area contributed by atoms with E-state index in [0.717, 1.165) is 19.3 Å². The minimum absolute atomic E-state index is 0.0263. The average molecular weight is 346 g/mol. The van der Waals surface area contributed by atoms with Crippen LogP contribution in [0, 0.1) is 5.92 Å². The molecule has 1 saturated heterocycles. The number of aryl methyl sites for hydroxylation is 1. The molecule has 3 heterocycles. The second kappa shape index (κ2) is 7.66. The molecule has 2 aromatic rings. The third-order valence-electron chi connectivity index (χ3n) is 4.31. The number of furan rings is 1. The first kappa shape index (κ1) is 16.8. The fourth-order valence-electron chi connectivity index (χ4n) is 2.96. The van der Waals surface area contributed by atoms with Crippen molar-refractivity contribution in [2.75, 3.05) is 13.1 Å². The number of nitrogens with zero attached hydrogens (tertiary/aromatic N) is 1. The Morgan fingerprint density at radius 1 is 1.33 bits per heavy atom. The Labute approximate surface area is 145 Å². The topological polar surface area (TPSA) is 62.6 Å². The minimum atomic E-state index is -0.150. The molecule has 0 radical (unpaired) electrons. The zero-order valence-corrected chi connectivity index (χ0v) is 14.6. The zero-order chi connectivity index (χ0) is 16.9. The normalized spacial score (nSPS) is 17.7. The quantitative estimate of drug-likeness (QED) is 0.905. The Morgan fingerprint density at radius 3 is 2.88 bits per heavy atom. The maximum absolute atomic E-state index is 12.4. The molecular weight excluding hydrogens is 324 g/mol. The lowest BCUT2D eigenvalue weighted by atomic mass is 9.97. The Balaban J connectivity index is 1.54. The molecule has 0 saturated carbocycles. The summed E-state index contributed by atoms with van der Waals surface area (Å²) in [6.07, 6.45) is 4.17. The SMILES string of the molecule is CCc1ccc(CNC(=O)[C@H]2CCCN(C(=O)c3ccco3)C2)s1. The lowest BCUT2D eigenvalue weighted by Gasteiger charge is -2.31. The molecule has 0 aromatic carbocycles. The van der Waals surface area contributed by atoms with E-state index in [9.17, 15) is 9.59 Å². The molecule has 5 nitrogen and oxygen atoms in total. The number of likely N-dealkylation sites (tertiary alicyclic amines) is 1. The Morgan fingerprint density at radius 2 is 2.17 bits per heavy atom. The van der Waals surface area contributed by atoms with Gasteiger partial charge in [0.2, 0.25) is 5.91 Å². The molecular formula is C18H22N2O3S. The number of hydrogen-bond donors (Lipinski definition) is 1. The molecule has 24 heavy (non-hydrogen) atoms. The predicted molar refractivity (Wildman–Crippen MR) is 92.9 cm³/mol. The highest BCUT2D eigenvalue weighted by atomic mass is 32.1. The standard InChI is InChI=1S/C18H22N2O3S/c1-2-14-7-8-15(24-14)11-19-17(21)13-5-3-9-20(12-13)18(22)16-6-4-10-23-16/h4,6-8,10,13H,2-3,5,9,11-12H2,1H3,(H,19,21)/t13-/m0/s1. The number of nitrogens with one attached hydrogen (secondary N) is 1. The van der Waals surface area contributed by atoms with Crippen molar-refractivity contribution < 1.29 is 14.0 Å². The number of carbonyl (C=O) groups excluding carboxylic acids is 2. The van der Waals surface area contributed by atoms with Crippen molar-refractivity contribution in [1.82, 2.24) is 10.2 Å². The van der Waals surface area contributed by atoms with Crippen molar-refractivity contribution in [3.05, 3.63) is 46.0 Å². The molecule has 0 spiro atoms. The van der Waals surface area contributed by atoms with Crippen molar-refractivity contribution in [1.29, 1.82) is 0 Å². The van der Waals surface area contributed by atoms with Crippen LogP contribution < -0.4 is 5.32 Å². The van der Waals surface area contributed by atoms with E-state index in [-0.39, 0.29) is 17.7 Å². The first-order valence-electron chi connectivity index (χ1n) is 8.35. The maximum atomic E-state index is 12.4. The van der Waals surface area contributed by atoms with Crippen LogP contribution in [0.15, 0.2) is 34.9 Å². The summed E-state index contributed by atoms with van der Waals surface area (Å²) in [4.78, 5) is 29.0. The molecule has 2 amide bonds. The summed E-state index contributed by atoms with van der Waals surface area (Å²) < 4.78 is 5.17. The second-order valence-corrected chi connectivity index (χ2v) is 7.26. The third-order valence-corrected chi connectivity index (χ3v) is 5.54. The van der Waals surface area contributed by atoms with Gasteiger partial charge in [0.1, 0.15) is 0 Å². The van der Waals surface area contributed by atoms with Gasteiger partial charge in [0.25, 0.3) is 5.91 Å². The highest BCUT2D eigenvalue weighted by Crippen LogP contribution is 2.20. The number of carbonyl (C=O) groups is 2. The number of hydrogen-bond acceptors (Lipinski definition) is 4. The summed E-state index contributed by atoms with van der Waals surface area (Å²) in [6.45, 7) is 3.82. The van der Waals surface area contributed by atoms with E-state index >= 15 is 0 Å². The van der Waals surface area contributed by atoms with Crippen molar-refractivity contribution >= 4 is 23.2 Å². The van der Waals surface area contributed by atoms with Gasteiger partial charge in [-0.2, -0.15) is 0 Å². The molecule has 2 aromatic heterocycles. The monoisotopic (exact) mass is 346 g/mol. The van der Waals surface area contributed by atoms with E-state index in [4.69, 9.17) is 4.42 Å². The van der Waals surface area contributed by atoms with Gasteiger partial charge in [-0.25, -0.2) is 0 Å². The van der Waals surface area contributed by atoms with E-state index in [1.54, 1.807) is 28.4 Å². The molecule has 1 atom stereocenters. The zero-order valence-electron chi connectivity index (χ0n) is 13.8. The summed E-state index contributed by atoms with van der Waals surface area (Å²) in [5.74, 6) is 0.0757. The Kier molecular flexibility index (Phi) is 5.35. The fraction of sp³-hybridized carbons (Fsp3) is 0.444. The van der Waals surface area contributed by atoms with E-state index in [0.29, 0.717) is 25.4 Å². The maximum Gasteiger partial charge on any atom is 0.289 e. The van der Waals surface area contributed by atoms with E-state index in [1.807, 2.05) is 0 Å². The highest BCUT2D eigenvalue weighted by molar-refractivity contribution is 7.11. The predicted octanol–water partition coefficient (Wildman–Crippen LogP) is 3.07. The molecule has 0 unspecified atom stereocenters. The van der Waals surface area contributed by atoms with Gasteiger partial charge in [0.05, 0.1) is 18.7 Å². The van der Waals surface area contributed by atoms with Gasteiger partial charge < -0.3 is 14.6 Å². The van der Waals surface area contributed by atoms with Crippen LogP contribution in [-0.4, -0.2) is 29.8 Å². The van der Waals surface area contributed by atoms with Gasteiger partial charge in [-0.05, 0) is 43.5 Å². The molecule has 1 fully saturated rings. The van der Waals surface area contributed by atoms with Crippen LogP contribution in [0.25, 0.3) is 0 Å². The molecule has 1 aliphatic heterocycles. The Hall–Kier alpha value is -2.08. The first-order chi connectivity index (χ1) is 11.7. The lowest BCUT2D eigenvalue weighted by molar-refractivity contribution is -0.126. The van der Waals surface area contributed by atoms with Gasteiger partial charge in [-0.1, -0.05) is 6.92 Å². The Bertz CT molecular complexity index is 693. The van der Waals surface area contributed by atoms with Crippen LogP contribution in [0.4, 0.5) is 0 Å². The van der Waals surface area contributed by atoms with Crippen LogP contribution in [-0.2, 0) is 17.8 Å². The van der Waals surface area contributed by atoms with Crippen molar-refractivity contribution in [2.45, 2.75) is 32.7 Å². The number of piperidine rings is 1. The fourth-order valence-corrected chi connectivity index (χ4v) is 3.86. The first-order valence-corrected chi connectivity index (χ1v) is 9.17. The second-order valence-electron chi connectivity index (χ2n) is 6.01. The molecule has 128 valence electrons. The van der Waals surface area contributed by atoms with Crippen LogP contribution >= 0.6 is 11.3 Å². The van der Waals surface area contributed by atoms with Crippen LogP contribution in [0.2, 0.25) is 0 Å². The van der Waals surface area contributed by atoms with Gasteiger partial charge in [0, 0.05) is 22.8 Å². The van der Waals surface area contributed by atoms with Crippen LogP contribution in [0.5, 0.6) is 0 Å². The van der Waals surface area contributed by atoms with Crippen molar-refractivity contribution in [3.63, 3.8) is 0 Å². The van der Waals surface area contributed by atoms with Crippen molar-refractivity contribution in [2.24, 2.45) is 5.92 Å². The third kappa shape index (κ3) is 3.87. The summed E-state index contributed by atoms with van der Waals surface area (Å²) in [6, 6.07) is 7.54. The number of rotatable bonds is 5. The minimum Gasteiger partial charge on any atom is -0.459 e. The van der Waals surface area contributed by atoms with Crippen LogP contribution in [0.3, 0.4) is 0 Å². The van der Waals surface area contributed by atoms with Crippen molar-refractivity contribution in [3.8, 4) is 0 Å². The number of thiophene rings is 1. The molecule has 6 heteroatoms. The molecule has 0 bridgehead atoms. The summed E-state index contributed by atoms with van der Waals surface area (Å²) >= 11 is 1.73. The average Bonchev–Trinajstić information content (AvgIpc) is 3.30. The van der Waals surface area contributed by atoms with E-state index in [2.05, 4.69) is 24.4 Å². The molecule has 3 rings (SSSR count). The van der Waals surface area contributed by atoms with Gasteiger partial charge >= 0.3 is 0 Å². The molecule has 1 N–H and O–H groups in total. The highest BCUT2D eigenvalue weighted by Gasteiger charge is 2.29. The summed E-state index contributed by atoms with van der Waals surface area (Å²) in [5.41, 5.74) is 0. The smallest absolute Gasteiger partial charge is 0.289 e. The lowest BCUT2D eigenvalue weighted by Crippen LogP contribution is -2.45.